The minimum Gasteiger partial charge on any atom is -0.296 e. The van der Waals surface area contributed by atoms with Gasteiger partial charge in [0.2, 0.25) is 0 Å². The molecule has 0 N–H and O–H groups in total. The predicted molar refractivity (Wildman–Crippen MR) is 77.7 cm³/mol. The van der Waals surface area contributed by atoms with Crippen molar-refractivity contribution >= 4 is 28.7 Å². The summed E-state index contributed by atoms with van der Waals surface area (Å²) in [5, 5.41) is 0. The molecule has 1 fully saturated rings. The third kappa shape index (κ3) is 3.34. The van der Waals surface area contributed by atoms with E-state index in [0.717, 1.165) is 18.0 Å². The molecule has 2 rings (SSSR count). The summed E-state index contributed by atoms with van der Waals surface area (Å²) >= 11 is 7.23. The maximum Gasteiger partial charge on any atom is 0.186 e. The van der Waals surface area contributed by atoms with Crippen LogP contribution in [0.3, 0.4) is 0 Å². The van der Waals surface area contributed by atoms with Crippen molar-refractivity contribution in [1.29, 1.82) is 0 Å². The molecule has 1 aliphatic heterocycles. The molecule has 100 valence electrons. The molecule has 18 heavy (non-hydrogen) atoms. The van der Waals surface area contributed by atoms with Crippen LogP contribution in [0.1, 0.15) is 42.8 Å². The second-order valence-corrected chi connectivity index (χ2v) is 7.18. The van der Waals surface area contributed by atoms with Crippen LogP contribution in [0.15, 0.2) is 12.1 Å². The van der Waals surface area contributed by atoms with E-state index in [1.54, 1.807) is 6.07 Å². The fourth-order valence-corrected chi connectivity index (χ4v) is 3.32. The third-order valence-corrected chi connectivity index (χ3v) is 5.40. The van der Waals surface area contributed by atoms with Gasteiger partial charge in [0.25, 0.3) is 0 Å². The maximum atomic E-state index is 12.1. The van der Waals surface area contributed by atoms with Crippen LogP contribution >= 0.6 is 22.9 Å². The number of rotatable bonds is 4. The predicted octanol–water partition coefficient (Wildman–Crippen LogP) is 4.10. The molecule has 0 aromatic carbocycles. The number of thiophene rings is 1. The van der Waals surface area contributed by atoms with Crippen molar-refractivity contribution in [3.63, 3.8) is 0 Å². The van der Waals surface area contributed by atoms with E-state index in [1.807, 2.05) is 6.07 Å². The van der Waals surface area contributed by atoms with Crippen LogP contribution in [0.4, 0.5) is 0 Å². The topological polar surface area (TPSA) is 20.3 Å². The van der Waals surface area contributed by atoms with Crippen LogP contribution in [0.2, 0.25) is 4.34 Å². The Morgan fingerprint density at radius 2 is 2.11 bits per heavy atom. The first-order chi connectivity index (χ1) is 8.52. The van der Waals surface area contributed by atoms with Crippen LogP contribution in [0.25, 0.3) is 0 Å². The highest BCUT2D eigenvalue weighted by Crippen LogP contribution is 2.34. The van der Waals surface area contributed by atoms with Crippen LogP contribution in [0.5, 0.6) is 0 Å². The number of nitrogens with zero attached hydrogens (tertiary/aromatic N) is 1. The Labute approximate surface area is 118 Å². The monoisotopic (exact) mass is 285 g/mol. The summed E-state index contributed by atoms with van der Waals surface area (Å²) in [6, 6.07) is 3.62. The van der Waals surface area contributed by atoms with Gasteiger partial charge in [-0.25, -0.2) is 0 Å². The van der Waals surface area contributed by atoms with Gasteiger partial charge in [-0.15, -0.1) is 11.3 Å². The van der Waals surface area contributed by atoms with E-state index in [2.05, 4.69) is 18.7 Å². The van der Waals surface area contributed by atoms with Crippen LogP contribution in [-0.2, 0) is 0 Å². The van der Waals surface area contributed by atoms with E-state index < -0.39 is 0 Å². The number of halogens is 1. The Morgan fingerprint density at radius 1 is 1.44 bits per heavy atom. The number of ketones is 1. The van der Waals surface area contributed by atoms with Crippen molar-refractivity contribution in [2.75, 3.05) is 19.6 Å². The average molecular weight is 286 g/mol. The Kier molecular flexibility index (Phi) is 4.46. The van der Waals surface area contributed by atoms with Crippen LogP contribution in [-0.4, -0.2) is 30.3 Å². The second kappa shape index (κ2) is 5.72. The van der Waals surface area contributed by atoms with Crippen molar-refractivity contribution in [3.05, 3.63) is 21.3 Å². The van der Waals surface area contributed by atoms with E-state index in [4.69, 9.17) is 11.6 Å². The first-order valence-corrected chi connectivity index (χ1v) is 7.73. The average Bonchev–Trinajstić information content (AvgIpc) is 2.79. The highest BCUT2D eigenvalue weighted by molar-refractivity contribution is 7.18. The molecule has 0 bridgehead atoms. The van der Waals surface area contributed by atoms with Gasteiger partial charge in [0.05, 0.1) is 15.8 Å². The molecule has 0 radical (unpaired) electrons. The quantitative estimate of drug-likeness (QED) is 0.777. The summed E-state index contributed by atoms with van der Waals surface area (Å²) in [5.74, 6) is 0.201. The fourth-order valence-electron chi connectivity index (χ4n) is 2.35. The van der Waals surface area contributed by atoms with E-state index >= 15 is 0 Å². The summed E-state index contributed by atoms with van der Waals surface area (Å²) in [6.45, 7) is 7.22. The molecule has 0 atom stereocenters. The minimum atomic E-state index is 0.201. The lowest BCUT2D eigenvalue weighted by atomic mass is 9.78. The lowest BCUT2D eigenvalue weighted by Gasteiger charge is -2.38. The molecule has 1 aromatic heterocycles. The van der Waals surface area contributed by atoms with Gasteiger partial charge in [0.1, 0.15) is 0 Å². The first kappa shape index (κ1) is 14.0. The normalized spacial score (nSPS) is 19.9. The summed E-state index contributed by atoms with van der Waals surface area (Å²) in [5.41, 5.74) is 0.478. The van der Waals surface area contributed by atoms with Crippen molar-refractivity contribution < 1.29 is 4.79 Å². The summed E-state index contributed by atoms with van der Waals surface area (Å²) < 4.78 is 0.690. The van der Waals surface area contributed by atoms with Crippen LogP contribution < -0.4 is 0 Å². The molecule has 0 unspecified atom stereocenters. The number of piperidine rings is 1. The number of hydrogen-bond acceptors (Lipinski definition) is 3. The highest BCUT2D eigenvalue weighted by Gasteiger charge is 2.29. The molecule has 2 heterocycles. The van der Waals surface area contributed by atoms with Crippen LogP contribution in [0, 0.1) is 5.41 Å². The zero-order valence-corrected chi connectivity index (χ0v) is 12.6. The Morgan fingerprint density at radius 3 is 2.61 bits per heavy atom. The maximum absolute atomic E-state index is 12.1. The van der Waals surface area contributed by atoms with E-state index in [9.17, 15) is 4.79 Å². The van der Waals surface area contributed by atoms with E-state index in [0.29, 0.717) is 16.3 Å². The van der Waals surface area contributed by atoms with E-state index in [-0.39, 0.29) is 5.78 Å². The SMILES string of the molecule is CCC1(C)CCN(CC(=O)c2ccc(Cl)s2)CC1. The van der Waals surface area contributed by atoms with Crippen molar-refractivity contribution in [2.45, 2.75) is 33.1 Å². The molecular weight excluding hydrogens is 266 g/mol. The number of Topliss-reactive ketones (excluding diaryl/α,β-unsaturated/α-hetero) is 1. The lowest BCUT2D eigenvalue weighted by molar-refractivity contribution is 0.0816. The lowest BCUT2D eigenvalue weighted by Crippen LogP contribution is -2.40. The van der Waals surface area contributed by atoms with Gasteiger partial charge < -0.3 is 0 Å². The van der Waals surface area contributed by atoms with Gasteiger partial charge in [0, 0.05) is 0 Å². The standard InChI is InChI=1S/C14H20ClNOS/c1-3-14(2)6-8-16(9-7-14)10-11(17)12-4-5-13(15)18-12/h4-5H,3,6-10H2,1-2H3. The zero-order chi connectivity index (χ0) is 13.2. The second-order valence-electron chi connectivity index (χ2n) is 5.47. The Bertz CT molecular complexity index is 421. The van der Waals surface area contributed by atoms with Crippen molar-refractivity contribution in [1.82, 2.24) is 4.90 Å². The smallest absolute Gasteiger partial charge is 0.186 e. The van der Waals surface area contributed by atoms with Gasteiger partial charge in [-0.2, -0.15) is 0 Å². The van der Waals surface area contributed by atoms with Crippen molar-refractivity contribution in [3.8, 4) is 0 Å². The van der Waals surface area contributed by atoms with Crippen molar-refractivity contribution in [2.24, 2.45) is 5.41 Å². The molecule has 0 spiro atoms. The number of likely N-dealkylation sites (tertiary alicyclic amines) is 1. The largest absolute Gasteiger partial charge is 0.296 e. The minimum absolute atomic E-state index is 0.201. The molecule has 2 nitrogen and oxygen atoms in total. The molecule has 0 aliphatic carbocycles. The Hall–Kier alpha value is -0.380. The summed E-state index contributed by atoms with van der Waals surface area (Å²) in [6.07, 6.45) is 3.62. The molecule has 0 saturated carbocycles. The third-order valence-electron chi connectivity index (χ3n) is 4.13. The first-order valence-electron chi connectivity index (χ1n) is 6.53. The zero-order valence-electron chi connectivity index (χ0n) is 11.0. The van der Waals surface area contributed by atoms with Gasteiger partial charge in [-0.1, -0.05) is 31.9 Å². The highest BCUT2D eigenvalue weighted by atomic mass is 35.5. The number of carbonyl (C=O) groups is 1. The summed E-state index contributed by atoms with van der Waals surface area (Å²) in [7, 11) is 0. The molecule has 1 saturated heterocycles. The molecule has 1 aliphatic rings. The number of carbonyl (C=O) groups excluding carboxylic acids is 1. The van der Waals surface area contributed by atoms with Gasteiger partial charge in [-0.3, -0.25) is 9.69 Å². The molecular formula is C14H20ClNOS. The van der Waals surface area contributed by atoms with Gasteiger partial charge in [0.15, 0.2) is 5.78 Å². The van der Waals surface area contributed by atoms with E-state index in [1.165, 1.54) is 30.6 Å². The summed E-state index contributed by atoms with van der Waals surface area (Å²) in [4.78, 5) is 15.1. The number of hydrogen-bond donors (Lipinski definition) is 0. The molecule has 1 aromatic rings. The molecule has 0 amide bonds. The van der Waals surface area contributed by atoms with Gasteiger partial charge >= 0.3 is 0 Å². The van der Waals surface area contributed by atoms with Gasteiger partial charge in [-0.05, 0) is 43.5 Å². The molecule has 4 heteroatoms. The Balaban J connectivity index is 1.87. The fraction of sp³-hybridized carbons (Fsp3) is 0.643.